The zero-order chi connectivity index (χ0) is 8.77. The van der Waals surface area contributed by atoms with Gasteiger partial charge in [0.2, 0.25) is 0 Å². The predicted molar refractivity (Wildman–Crippen MR) is 59.1 cm³/mol. The summed E-state index contributed by atoms with van der Waals surface area (Å²) in [4.78, 5) is 0. The van der Waals surface area contributed by atoms with Crippen molar-refractivity contribution in [1.82, 2.24) is 0 Å². The monoisotopic (exact) mass is 288 g/mol. The molecule has 1 aliphatic carbocycles. The van der Waals surface area contributed by atoms with E-state index in [9.17, 15) is 0 Å². The van der Waals surface area contributed by atoms with Crippen molar-refractivity contribution in [2.75, 3.05) is 0 Å². The first-order valence-electron chi connectivity index (χ1n) is 4.04. The van der Waals surface area contributed by atoms with E-state index in [1.54, 1.807) is 0 Å². The van der Waals surface area contributed by atoms with Crippen molar-refractivity contribution in [3.05, 3.63) is 35.4 Å². The number of halogens is 2. The summed E-state index contributed by atoms with van der Waals surface area (Å²) in [7, 11) is 0. The van der Waals surface area contributed by atoms with Crippen LogP contribution in [0.1, 0.15) is 23.5 Å². The van der Waals surface area contributed by atoms with Gasteiger partial charge in [0.1, 0.15) is 0 Å². The molecular weight excluding hydrogens is 280 g/mol. The number of hydrogen-bond acceptors (Lipinski definition) is 0. The molecule has 0 N–H and O–H groups in total. The van der Waals surface area contributed by atoms with Crippen LogP contribution in [0.4, 0.5) is 0 Å². The largest absolute Gasteiger partial charge is 0.0881 e. The first kappa shape index (κ1) is 8.76. The zero-order valence-electron chi connectivity index (χ0n) is 6.85. The van der Waals surface area contributed by atoms with E-state index in [1.165, 1.54) is 17.5 Å². The van der Waals surface area contributed by atoms with E-state index in [1.807, 2.05) is 0 Å². The Bertz CT molecular complexity index is 304. The van der Waals surface area contributed by atoms with E-state index < -0.39 is 0 Å². The number of alkyl halides is 2. The molecule has 0 nitrogen and oxygen atoms in total. The summed E-state index contributed by atoms with van der Waals surface area (Å²) in [6, 6.07) is 8.58. The lowest BCUT2D eigenvalue weighted by Gasteiger charge is -2.04. The third-order valence-electron chi connectivity index (χ3n) is 2.39. The van der Waals surface area contributed by atoms with Crippen LogP contribution in [0.3, 0.4) is 0 Å². The molecule has 0 aromatic heterocycles. The molecule has 2 rings (SSSR count). The van der Waals surface area contributed by atoms with Crippen molar-refractivity contribution in [1.29, 1.82) is 0 Å². The molecule has 1 aliphatic rings. The van der Waals surface area contributed by atoms with Crippen LogP contribution in [-0.2, 0) is 0 Å². The van der Waals surface area contributed by atoms with Crippen LogP contribution in [0, 0.1) is 6.92 Å². The van der Waals surface area contributed by atoms with Crippen LogP contribution in [0.25, 0.3) is 0 Å². The normalized spacial score (nSPS) is 25.4. The predicted octanol–water partition coefficient (Wildman–Crippen LogP) is 3.97. The first-order chi connectivity index (χ1) is 5.61. The zero-order valence-corrected chi connectivity index (χ0v) is 10.0. The van der Waals surface area contributed by atoms with Crippen molar-refractivity contribution in [2.24, 2.45) is 0 Å². The molecule has 0 unspecified atom stereocenters. The van der Waals surface area contributed by atoms with E-state index in [0.29, 0.717) is 5.92 Å². The van der Waals surface area contributed by atoms with Gasteiger partial charge in [0.25, 0.3) is 0 Å². The number of aryl methyl sites for hydroxylation is 1. The highest BCUT2D eigenvalue weighted by Crippen LogP contribution is 2.62. The van der Waals surface area contributed by atoms with Gasteiger partial charge >= 0.3 is 0 Å². The van der Waals surface area contributed by atoms with E-state index >= 15 is 0 Å². The highest BCUT2D eigenvalue weighted by molar-refractivity contribution is 9.25. The number of benzene rings is 1. The minimum Gasteiger partial charge on any atom is -0.0720 e. The Labute approximate surface area is 89.6 Å². The van der Waals surface area contributed by atoms with Crippen LogP contribution < -0.4 is 0 Å². The van der Waals surface area contributed by atoms with Gasteiger partial charge in [0.05, 0.1) is 3.23 Å². The highest BCUT2D eigenvalue weighted by atomic mass is 79.9. The number of hydrogen-bond donors (Lipinski definition) is 0. The maximum absolute atomic E-state index is 3.64. The van der Waals surface area contributed by atoms with Crippen molar-refractivity contribution < 1.29 is 0 Å². The third kappa shape index (κ3) is 1.47. The van der Waals surface area contributed by atoms with Gasteiger partial charge in [-0.2, -0.15) is 0 Å². The molecule has 64 valence electrons. The average molecular weight is 290 g/mol. The third-order valence-corrected chi connectivity index (χ3v) is 4.14. The van der Waals surface area contributed by atoms with E-state index in [4.69, 9.17) is 0 Å². The summed E-state index contributed by atoms with van der Waals surface area (Å²) in [6.07, 6.45) is 1.19. The lowest BCUT2D eigenvalue weighted by Crippen LogP contribution is -1.90. The molecule has 0 radical (unpaired) electrons. The van der Waals surface area contributed by atoms with E-state index in [-0.39, 0.29) is 3.23 Å². The maximum atomic E-state index is 3.64. The number of rotatable bonds is 1. The van der Waals surface area contributed by atoms with Gasteiger partial charge in [-0.25, -0.2) is 0 Å². The summed E-state index contributed by atoms with van der Waals surface area (Å²) in [6.45, 7) is 2.17. The average Bonchev–Trinajstić information content (AvgIpc) is 2.61. The maximum Gasteiger partial charge on any atom is 0.0881 e. The molecule has 0 aliphatic heterocycles. The summed E-state index contributed by atoms with van der Waals surface area (Å²) >= 11 is 7.28. The van der Waals surface area contributed by atoms with E-state index in [2.05, 4.69) is 63.0 Å². The Morgan fingerprint density at radius 2 is 1.92 bits per heavy atom. The molecule has 12 heavy (non-hydrogen) atoms. The molecule has 1 aromatic rings. The van der Waals surface area contributed by atoms with Gasteiger partial charge in [0, 0.05) is 5.92 Å². The fraction of sp³-hybridized carbons (Fsp3) is 0.400. The second-order valence-electron chi connectivity index (χ2n) is 3.37. The van der Waals surface area contributed by atoms with Crippen molar-refractivity contribution >= 4 is 31.9 Å². The molecule has 0 spiro atoms. The van der Waals surface area contributed by atoms with Crippen LogP contribution in [0.15, 0.2) is 24.3 Å². The Hall–Kier alpha value is 0.180. The lowest BCUT2D eigenvalue weighted by molar-refractivity contribution is 1.10. The Morgan fingerprint density at radius 1 is 1.33 bits per heavy atom. The van der Waals surface area contributed by atoms with E-state index in [0.717, 1.165) is 0 Å². The van der Waals surface area contributed by atoms with Gasteiger partial charge in [-0.1, -0.05) is 56.1 Å². The molecule has 1 fully saturated rings. The Morgan fingerprint density at radius 3 is 2.42 bits per heavy atom. The molecule has 0 bridgehead atoms. The molecule has 0 amide bonds. The molecule has 0 saturated heterocycles. The van der Waals surface area contributed by atoms with Crippen molar-refractivity contribution in [3.63, 3.8) is 0 Å². The van der Waals surface area contributed by atoms with Gasteiger partial charge in [-0.15, -0.1) is 0 Å². The Balaban J connectivity index is 2.31. The van der Waals surface area contributed by atoms with Gasteiger partial charge in [0.15, 0.2) is 0 Å². The van der Waals surface area contributed by atoms with Crippen molar-refractivity contribution in [3.8, 4) is 0 Å². The van der Waals surface area contributed by atoms with Crippen LogP contribution in [0.5, 0.6) is 0 Å². The second kappa shape index (κ2) is 2.85. The highest BCUT2D eigenvalue weighted by Gasteiger charge is 2.51. The summed E-state index contributed by atoms with van der Waals surface area (Å²) in [5.74, 6) is 0.652. The van der Waals surface area contributed by atoms with Gasteiger partial charge in [-0.3, -0.25) is 0 Å². The SMILES string of the molecule is Cc1ccccc1[C@@H]1CC1(Br)Br. The molecule has 1 atom stereocenters. The quantitative estimate of drug-likeness (QED) is 0.686. The minimum atomic E-state index is 0.187. The first-order valence-corrected chi connectivity index (χ1v) is 5.63. The minimum absolute atomic E-state index is 0.187. The van der Waals surface area contributed by atoms with Crippen LogP contribution >= 0.6 is 31.9 Å². The second-order valence-corrected chi connectivity index (χ2v) is 7.27. The summed E-state index contributed by atoms with van der Waals surface area (Å²) in [5.41, 5.74) is 2.86. The van der Waals surface area contributed by atoms with Gasteiger partial charge < -0.3 is 0 Å². The molecule has 1 saturated carbocycles. The topological polar surface area (TPSA) is 0 Å². The molecule has 2 heteroatoms. The standard InChI is InChI=1S/C10H10Br2/c1-7-4-2-3-5-8(7)9-6-10(9,11)12/h2-5,9H,6H2,1H3/t9-/m0/s1. The lowest BCUT2D eigenvalue weighted by atomic mass is 10.1. The fourth-order valence-electron chi connectivity index (χ4n) is 1.53. The van der Waals surface area contributed by atoms with Crippen molar-refractivity contribution in [2.45, 2.75) is 22.5 Å². The molecular formula is C10H10Br2. The van der Waals surface area contributed by atoms with Crippen LogP contribution in [0.2, 0.25) is 0 Å². The summed E-state index contributed by atoms with van der Waals surface area (Å²) in [5, 5.41) is 0. The Kier molecular flexibility index (Phi) is 2.08. The fourth-order valence-corrected chi connectivity index (χ4v) is 2.67. The van der Waals surface area contributed by atoms with Gasteiger partial charge in [-0.05, 0) is 24.5 Å². The molecule has 0 heterocycles. The molecule has 1 aromatic carbocycles. The smallest absolute Gasteiger partial charge is 0.0720 e. The van der Waals surface area contributed by atoms with Crippen LogP contribution in [-0.4, -0.2) is 3.23 Å². The summed E-state index contributed by atoms with van der Waals surface area (Å²) < 4.78 is 0.187.